The molecule has 4 bridgehead atoms. The number of carboxylic acids is 1. The van der Waals surface area contributed by atoms with Crippen molar-refractivity contribution in [2.75, 3.05) is 40.4 Å². The first-order valence-corrected chi connectivity index (χ1v) is 31.6. The van der Waals surface area contributed by atoms with E-state index in [1.54, 1.807) is 43.4 Å². The number of fused-ring (bicyclic) bond motifs is 5. The summed E-state index contributed by atoms with van der Waals surface area (Å²) in [6.45, 7) is 4.56. The fourth-order valence-electron chi connectivity index (χ4n) is 10.4. The van der Waals surface area contributed by atoms with E-state index in [1.807, 2.05) is 91.0 Å². The fourth-order valence-corrected chi connectivity index (χ4v) is 10.4. The molecule has 0 saturated heterocycles. The van der Waals surface area contributed by atoms with Gasteiger partial charge >= 0.3 is 12.1 Å². The molecule has 5 aromatic rings. The van der Waals surface area contributed by atoms with Crippen LogP contribution in [0.5, 0.6) is 11.5 Å². The van der Waals surface area contributed by atoms with Crippen LogP contribution in [-0.2, 0) is 69.3 Å². The SMILES string of the molecule is CCCCCCCCCCCCCCCC(=O)N(C)[C@H](COCc1ccccc1)C(=O)N[C@H](C)C(=O)NCC(=O)N(C)[C@@H]1C(=O)N[C@@H](C)C(=O)N[C@H](C(=O)O)Cc2ccc(OCc3ccccc3)c(c2)-c2cc1ccc2OCCNC(=O)OCc1ccccc1. The summed E-state index contributed by atoms with van der Waals surface area (Å²) in [6.07, 6.45) is 14.5. The van der Waals surface area contributed by atoms with Gasteiger partial charge in [-0.15, -0.1) is 0 Å². The first-order valence-electron chi connectivity index (χ1n) is 31.6. The Bertz CT molecular complexity index is 3100. The molecule has 5 aromatic carbocycles. The molecule has 90 heavy (non-hydrogen) atoms. The molecule has 0 unspecified atom stereocenters. The van der Waals surface area contributed by atoms with Gasteiger partial charge < -0.3 is 60.4 Å². The van der Waals surface area contributed by atoms with E-state index in [1.165, 1.54) is 83.6 Å². The number of carbonyl (C=O) groups is 8. The molecule has 484 valence electrons. The van der Waals surface area contributed by atoms with Gasteiger partial charge in [0.1, 0.15) is 61.5 Å². The van der Waals surface area contributed by atoms with Gasteiger partial charge in [-0.3, -0.25) is 28.8 Å². The van der Waals surface area contributed by atoms with Gasteiger partial charge in [-0.25, -0.2) is 9.59 Å². The third-order valence-corrected chi connectivity index (χ3v) is 15.8. The quantitative estimate of drug-likeness (QED) is 0.0207. The summed E-state index contributed by atoms with van der Waals surface area (Å²) in [7, 11) is 2.90. The number of aliphatic carboxylic acids is 1. The lowest BCUT2D eigenvalue weighted by molar-refractivity contribution is -0.143. The molecule has 20 heteroatoms. The van der Waals surface area contributed by atoms with Gasteiger partial charge in [0.2, 0.25) is 35.4 Å². The standard InChI is InChI=1S/C70H91N7O13/c1-6-7-8-9-10-11-12-13-14-15-16-17-27-34-62(78)76(4)59(48-87-45-51-28-21-18-22-29-51)67(82)73-49(2)65(80)72-44-63(79)77(5)64-55-36-38-60(88-40-39-71-70(86)90-47-53-32-25-20-26-33-53)57(43-55)56-41-54(35-37-61(56)89-46-52-30-23-19-24-31-52)42-58(69(84)85)75-66(81)50(3)74-68(64)83/h18-26,28-33,35-38,41,43,49-50,58-59,64H,6-17,27,34,39-40,42,44-48H2,1-5H3,(H,71,86)(H,72,80)(H,73,82)(H,74,83)(H,75,81)(H,84,85)/t49-,50+,58+,59-,64+/m1/s1. The van der Waals surface area contributed by atoms with Crippen LogP contribution in [0.25, 0.3) is 11.1 Å². The van der Waals surface area contributed by atoms with Crippen LogP contribution in [0.1, 0.15) is 145 Å². The number of hydrogen-bond donors (Lipinski definition) is 6. The van der Waals surface area contributed by atoms with Crippen molar-refractivity contribution in [3.05, 3.63) is 155 Å². The minimum Gasteiger partial charge on any atom is -0.491 e. The first-order chi connectivity index (χ1) is 43.5. The Morgan fingerprint density at radius 3 is 1.79 bits per heavy atom. The number of ether oxygens (including phenoxy) is 4. The Balaban J connectivity index is 1.18. The van der Waals surface area contributed by atoms with Crippen LogP contribution in [0.3, 0.4) is 0 Å². The Hall–Kier alpha value is -8.78. The summed E-state index contributed by atoms with van der Waals surface area (Å²) in [6, 6.07) is 31.3. The van der Waals surface area contributed by atoms with Crippen molar-refractivity contribution in [1.29, 1.82) is 0 Å². The maximum Gasteiger partial charge on any atom is 0.407 e. The molecular formula is C70H91N7O13. The van der Waals surface area contributed by atoms with Crippen molar-refractivity contribution < 1.29 is 62.4 Å². The van der Waals surface area contributed by atoms with E-state index in [0.717, 1.165) is 40.9 Å². The minimum atomic E-state index is -1.49. The topological polar surface area (TPSA) is 260 Å². The van der Waals surface area contributed by atoms with Crippen LogP contribution in [0.15, 0.2) is 127 Å². The summed E-state index contributed by atoms with van der Waals surface area (Å²) in [5.74, 6) is -4.73. The highest BCUT2D eigenvalue weighted by molar-refractivity contribution is 5.96. The van der Waals surface area contributed by atoms with E-state index in [2.05, 4.69) is 33.5 Å². The Labute approximate surface area is 529 Å². The summed E-state index contributed by atoms with van der Waals surface area (Å²) in [5.41, 5.74) is 4.01. The van der Waals surface area contributed by atoms with Crippen molar-refractivity contribution >= 4 is 47.5 Å². The monoisotopic (exact) mass is 1240 g/mol. The zero-order valence-electron chi connectivity index (χ0n) is 52.8. The highest BCUT2D eigenvalue weighted by Gasteiger charge is 2.35. The number of carbonyl (C=O) groups excluding carboxylic acids is 7. The number of likely N-dealkylation sites (N-methyl/N-ethyl adjacent to an activating group) is 2. The zero-order valence-corrected chi connectivity index (χ0v) is 52.8. The molecule has 5 atom stereocenters. The van der Waals surface area contributed by atoms with Crippen molar-refractivity contribution in [3.63, 3.8) is 0 Å². The van der Waals surface area contributed by atoms with Gasteiger partial charge in [0, 0.05) is 38.1 Å². The van der Waals surface area contributed by atoms with Gasteiger partial charge in [0.15, 0.2) is 0 Å². The number of amides is 7. The molecule has 1 aliphatic rings. The Morgan fingerprint density at radius 1 is 0.622 bits per heavy atom. The van der Waals surface area contributed by atoms with Gasteiger partial charge in [0.05, 0.1) is 26.3 Å². The second-order valence-electron chi connectivity index (χ2n) is 22.9. The van der Waals surface area contributed by atoms with Crippen LogP contribution in [-0.4, -0.2) is 127 Å². The number of benzene rings is 5. The van der Waals surface area contributed by atoms with E-state index in [-0.39, 0.29) is 69.6 Å². The Morgan fingerprint density at radius 2 is 1.18 bits per heavy atom. The second-order valence-corrected chi connectivity index (χ2v) is 22.9. The molecule has 7 amide bonds. The van der Waals surface area contributed by atoms with Crippen molar-refractivity contribution in [2.45, 2.75) is 167 Å². The maximum absolute atomic E-state index is 14.7. The molecule has 0 radical (unpaired) electrons. The van der Waals surface area contributed by atoms with E-state index < -0.39 is 78.4 Å². The van der Waals surface area contributed by atoms with Crippen LogP contribution in [0, 0.1) is 0 Å². The molecule has 0 saturated carbocycles. The van der Waals surface area contributed by atoms with Crippen LogP contribution in [0.2, 0.25) is 0 Å². The highest BCUT2D eigenvalue weighted by Crippen LogP contribution is 2.40. The number of unbranched alkanes of at least 4 members (excludes halogenated alkanes) is 12. The first kappa shape index (κ1) is 70.3. The molecule has 6 N–H and O–H groups in total. The van der Waals surface area contributed by atoms with Gasteiger partial charge in [-0.1, -0.05) is 187 Å². The summed E-state index contributed by atoms with van der Waals surface area (Å²) in [4.78, 5) is 112. The van der Waals surface area contributed by atoms with Crippen molar-refractivity contribution in [2.24, 2.45) is 0 Å². The summed E-state index contributed by atoms with van der Waals surface area (Å²) in [5, 5.41) is 23.5. The average Bonchev–Trinajstić information content (AvgIpc) is 0.846. The lowest BCUT2D eigenvalue weighted by atomic mass is 9.93. The van der Waals surface area contributed by atoms with Gasteiger partial charge in [-0.2, -0.15) is 0 Å². The lowest BCUT2D eigenvalue weighted by Gasteiger charge is -2.30. The molecule has 1 aliphatic heterocycles. The maximum atomic E-state index is 14.7. The molecule has 0 aliphatic carbocycles. The average molecular weight is 1240 g/mol. The number of alkyl carbamates (subject to hydrolysis) is 1. The highest BCUT2D eigenvalue weighted by atomic mass is 16.5. The van der Waals surface area contributed by atoms with Crippen molar-refractivity contribution in [3.8, 4) is 22.6 Å². The third-order valence-electron chi connectivity index (χ3n) is 15.8. The van der Waals surface area contributed by atoms with E-state index in [4.69, 9.17) is 18.9 Å². The van der Waals surface area contributed by atoms with Gasteiger partial charge in [-0.05, 0) is 72.4 Å². The molecule has 0 aromatic heterocycles. The minimum absolute atomic E-state index is 0.0143. The molecular weight excluding hydrogens is 1150 g/mol. The summed E-state index contributed by atoms with van der Waals surface area (Å²) >= 11 is 0. The Kier molecular flexibility index (Phi) is 29.6. The molecule has 20 nitrogen and oxygen atoms in total. The molecule has 0 fully saturated rings. The van der Waals surface area contributed by atoms with E-state index >= 15 is 0 Å². The van der Waals surface area contributed by atoms with E-state index in [9.17, 15) is 43.5 Å². The second kappa shape index (κ2) is 37.9. The fraction of sp³-hybridized carbons (Fsp3) is 0.457. The predicted molar refractivity (Wildman–Crippen MR) is 343 cm³/mol. The predicted octanol–water partition coefficient (Wildman–Crippen LogP) is 9.51. The normalized spacial score (nSPS) is 15.3. The molecule has 0 spiro atoms. The largest absolute Gasteiger partial charge is 0.491 e. The number of rotatable bonds is 35. The molecule has 1 heterocycles. The smallest absolute Gasteiger partial charge is 0.407 e. The van der Waals surface area contributed by atoms with Gasteiger partial charge in [0.25, 0.3) is 0 Å². The lowest BCUT2D eigenvalue weighted by Crippen LogP contribution is -2.55. The number of nitrogens with one attached hydrogen (secondary N) is 5. The van der Waals surface area contributed by atoms with Crippen molar-refractivity contribution in [1.82, 2.24) is 36.4 Å². The van der Waals surface area contributed by atoms with Crippen LogP contribution < -0.4 is 36.1 Å². The third kappa shape index (κ3) is 23.3. The number of nitrogens with zero attached hydrogens (tertiary/aromatic N) is 2. The molecule has 6 rings (SSSR count). The summed E-state index contributed by atoms with van der Waals surface area (Å²) < 4.78 is 24.2. The number of hydrogen-bond acceptors (Lipinski definition) is 12. The number of carboxylic acid groups (broad SMARTS) is 1. The van der Waals surface area contributed by atoms with Crippen LogP contribution >= 0.6 is 0 Å². The van der Waals surface area contributed by atoms with E-state index in [0.29, 0.717) is 28.9 Å². The van der Waals surface area contributed by atoms with Crippen LogP contribution in [0.4, 0.5) is 4.79 Å². The zero-order chi connectivity index (χ0) is 64.6.